The molecule has 2 heteroatoms. The van der Waals surface area contributed by atoms with E-state index < -0.39 is 0 Å². The van der Waals surface area contributed by atoms with Crippen LogP contribution in [0.25, 0.3) is 5.70 Å². The van der Waals surface area contributed by atoms with E-state index in [4.69, 9.17) is 5.26 Å². The zero-order valence-electron chi connectivity index (χ0n) is 6.96. The fourth-order valence-corrected chi connectivity index (χ4v) is 0.890. The molecule has 0 atom stereocenters. The summed E-state index contributed by atoms with van der Waals surface area (Å²) in [7, 11) is 1.82. The van der Waals surface area contributed by atoms with Crippen LogP contribution in [0.3, 0.4) is 0 Å². The van der Waals surface area contributed by atoms with E-state index in [2.05, 4.69) is 18.0 Å². The van der Waals surface area contributed by atoms with Crippen molar-refractivity contribution in [1.82, 2.24) is 5.32 Å². The van der Waals surface area contributed by atoms with E-state index in [1.165, 1.54) is 0 Å². The van der Waals surface area contributed by atoms with Gasteiger partial charge in [-0.05, 0) is 17.7 Å². The van der Waals surface area contributed by atoms with Gasteiger partial charge in [0.05, 0.1) is 11.6 Å². The van der Waals surface area contributed by atoms with Gasteiger partial charge >= 0.3 is 0 Å². The second-order valence-corrected chi connectivity index (χ2v) is 2.42. The summed E-state index contributed by atoms with van der Waals surface area (Å²) in [6.45, 7) is 3.80. The first kappa shape index (κ1) is 8.35. The number of nitrogens with one attached hydrogen (secondary N) is 1. The normalized spacial score (nSPS) is 8.67. The Morgan fingerprint density at radius 2 is 2.00 bits per heavy atom. The van der Waals surface area contributed by atoms with E-state index in [0.717, 1.165) is 11.3 Å². The Hall–Kier alpha value is -1.75. The molecule has 0 aliphatic heterocycles. The Morgan fingerprint density at radius 1 is 1.42 bits per heavy atom. The Labute approximate surface area is 72.1 Å². The highest BCUT2D eigenvalue weighted by Crippen LogP contribution is 2.09. The van der Waals surface area contributed by atoms with Gasteiger partial charge in [-0.3, -0.25) is 0 Å². The molecule has 2 nitrogen and oxygen atoms in total. The predicted molar refractivity (Wildman–Crippen MR) is 49.3 cm³/mol. The third kappa shape index (κ3) is 1.64. The molecule has 0 unspecified atom stereocenters. The van der Waals surface area contributed by atoms with E-state index >= 15 is 0 Å². The maximum Gasteiger partial charge on any atom is 0.0991 e. The highest BCUT2D eigenvalue weighted by atomic mass is 14.8. The van der Waals surface area contributed by atoms with Crippen LogP contribution in [0.15, 0.2) is 30.8 Å². The van der Waals surface area contributed by atoms with E-state index in [1.807, 2.05) is 19.2 Å². The first-order valence-corrected chi connectivity index (χ1v) is 3.65. The van der Waals surface area contributed by atoms with Crippen molar-refractivity contribution in [3.63, 3.8) is 0 Å². The lowest BCUT2D eigenvalue weighted by Crippen LogP contribution is -2.02. The van der Waals surface area contributed by atoms with Crippen LogP contribution in [0, 0.1) is 11.3 Å². The molecule has 1 rings (SSSR count). The maximum absolute atomic E-state index is 8.54. The average Bonchev–Trinajstić information content (AvgIpc) is 2.17. The van der Waals surface area contributed by atoms with Gasteiger partial charge in [0.1, 0.15) is 0 Å². The van der Waals surface area contributed by atoms with Gasteiger partial charge in [0, 0.05) is 12.7 Å². The quantitative estimate of drug-likeness (QED) is 0.711. The van der Waals surface area contributed by atoms with Crippen molar-refractivity contribution in [3.8, 4) is 6.07 Å². The van der Waals surface area contributed by atoms with Gasteiger partial charge in [-0.1, -0.05) is 18.7 Å². The summed E-state index contributed by atoms with van der Waals surface area (Å²) in [6, 6.07) is 9.36. The Bertz CT molecular complexity index is 317. The predicted octanol–water partition coefficient (Wildman–Crippen LogP) is 1.75. The minimum absolute atomic E-state index is 0.669. The molecule has 0 spiro atoms. The van der Waals surface area contributed by atoms with Crippen molar-refractivity contribution >= 4 is 5.70 Å². The van der Waals surface area contributed by atoms with Gasteiger partial charge in [-0.15, -0.1) is 0 Å². The number of nitriles is 1. The second kappa shape index (κ2) is 3.59. The van der Waals surface area contributed by atoms with Gasteiger partial charge in [-0.25, -0.2) is 0 Å². The maximum atomic E-state index is 8.54. The van der Waals surface area contributed by atoms with Crippen molar-refractivity contribution in [3.05, 3.63) is 42.0 Å². The first-order valence-electron chi connectivity index (χ1n) is 3.65. The van der Waals surface area contributed by atoms with Crippen molar-refractivity contribution in [2.24, 2.45) is 0 Å². The molecule has 0 saturated carbocycles. The summed E-state index contributed by atoms with van der Waals surface area (Å²) in [5, 5.41) is 11.5. The van der Waals surface area contributed by atoms with E-state index in [0.29, 0.717) is 5.56 Å². The summed E-state index contributed by atoms with van der Waals surface area (Å²) in [6.07, 6.45) is 0. The number of nitrogens with zero attached hydrogens (tertiary/aromatic N) is 1. The van der Waals surface area contributed by atoms with Crippen LogP contribution in [0.4, 0.5) is 0 Å². The Kier molecular flexibility index (Phi) is 2.49. The minimum Gasteiger partial charge on any atom is -0.388 e. The zero-order valence-corrected chi connectivity index (χ0v) is 6.96. The SMILES string of the molecule is C=C(NC)c1ccc(C#N)cc1. The topological polar surface area (TPSA) is 35.8 Å². The first-order chi connectivity index (χ1) is 5.77. The van der Waals surface area contributed by atoms with Crippen LogP contribution in [0.5, 0.6) is 0 Å². The van der Waals surface area contributed by atoms with Gasteiger partial charge in [0.25, 0.3) is 0 Å². The van der Waals surface area contributed by atoms with Crippen LogP contribution < -0.4 is 5.32 Å². The second-order valence-electron chi connectivity index (χ2n) is 2.42. The molecule has 0 amide bonds. The molecular formula is C10H10N2. The fraction of sp³-hybridized carbons (Fsp3) is 0.100. The highest BCUT2D eigenvalue weighted by Gasteiger charge is 1.95. The lowest BCUT2D eigenvalue weighted by atomic mass is 10.1. The molecule has 0 heterocycles. The fourth-order valence-electron chi connectivity index (χ4n) is 0.890. The van der Waals surface area contributed by atoms with E-state index in [1.54, 1.807) is 12.1 Å². The molecular weight excluding hydrogens is 148 g/mol. The number of benzene rings is 1. The van der Waals surface area contributed by atoms with Crippen LogP contribution in [-0.4, -0.2) is 7.05 Å². The smallest absolute Gasteiger partial charge is 0.0991 e. The van der Waals surface area contributed by atoms with Crippen molar-refractivity contribution in [1.29, 1.82) is 5.26 Å². The van der Waals surface area contributed by atoms with Crippen molar-refractivity contribution in [2.75, 3.05) is 7.05 Å². The van der Waals surface area contributed by atoms with Gasteiger partial charge in [-0.2, -0.15) is 5.26 Å². The highest BCUT2D eigenvalue weighted by molar-refractivity contribution is 5.61. The summed E-state index contributed by atoms with van der Waals surface area (Å²) in [5.41, 5.74) is 2.54. The molecule has 0 aliphatic rings. The van der Waals surface area contributed by atoms with E-state index in [9.17, 15) is 0 Å². The van der Waals surface area contributed by atoms with Gasteiger partial charge in [0.2, 0.25) is 0 Å². The third-order valence-electron chi connectivity index (χ3n) is 1.66. The molecule has 1 N–H and O–H groups in total. The number of hydrogen-bond donors (Lipinski definition) is 1. The monoisotopic (exact) mass is 158 g/mol. The third-order valence-corrected chi connectivity index (χ3v) is 1.66. The van der Waals surface area contributed by atoms with Gasteiger partial charge in [0.15, 0.2) is 0 Å². The molecule has 0 aliphatic carbocycles. The Morgan fingerprint density at radius 3 is 2.42 bits per heavy atom. The van der Waals surface area contributed by atoms with Crippen LogP contribution in [0.1, 0.15) is 11.1 Å². The van der Waals surface area contributed by atoms with Crippen molar-refractivity contribution < 1.29 is 0 Å². The van der Waals surface area contributed by atoms with E-state index in [-0.39, 0.29) is 0 Å². The molecule has 0 radical (unpaired) electrons. The average molecular weight is 158 g/mol. The molecule has 0 saturated heterocycles. The van der Waals surface area contributed by atoms with Crippen LogP contribution in [-0.2, 0) is 0 Å². The number of rotatable bonds is 2. The molecule has 0 aromatic heterocycles. The molecule has 1 aromatic carbocycles. The molecule has 1 aromatic rings. The summed E-state index contributed by atoms with van der Waals surface area (Å²) in [4.78, 5) is 0. The largest absolute Gasteiger partial charge is 0.388 e. The number of hydrogen-bond acceptors (Lipinski definition) is 2. The van der Waals surface area contributed by atoms with Crippen molar-refractivity contribution in [2.45, 2.75) is 0 Å². The zero-order chi connectivity index (χ0) is 8.97. The lowest BCUT2D eigenvalue weighted by Gasteiger charge is -2.03. The summed E-state index contributed by atoms with van der Waals surface area (Å²) >= 11 is 0. The molecule has 12 heavy (non-hydrogen) atoms. The van der Waals surface area contributed by atoms with Crippen LogP contribution in [0.2, 0.25) is 0 Å². The molecule has 60 valence electrons. The van der Waals surface area contributed by atoms with Gasteiger partial charge < -0.3 is 5.32 Å². The summed E-state index contributed by atoms with van der Waals surface area (Å²) < 4.78 is 0. The summed E-state index contributed by atoms with van der Waals surface area (Å²) in [5.74, 6) is 0. The Balaban J connectivity index is 2.94. The standard InChI is InChI=1S/C10H10N2/c1-8(12-2)10-5-3-9(7-11)4-6-10/h3-6,12H,1H2,2H3. The minimum atomic E-state index is 0.669. The molecule has 0 bridgehead atoms. The lowest BCUT2D eigenvalue weighted by molar-refractivity contribution is 1.13. The van der Waals surface area contributed by atoms with Crippen LogP contribution >= 0.6 is 0 Å². The molecule has 0 fully saturated rings.